The van der Waals surface area contributed by atoms with Crippen molar-refractivity contribution in [1.29, 1.82) is 0 Å². The van der Waals surface area contributed by atoms with Crippen LogP contribution in [0.3, 0.4) is 0 Å². The van der Waals surface area contributed by atoms with Gasteiger partial charge in [0.15, 0.2) is 0 Å². The van der Waals surface area contributed by atoms with Crippen molar-refractivity contribution in [3.8, 4) is 5.69 Å². The van der Waals surface area contributed by atoms with Crippen LogP contribution in [0.15, 0.2) is 188 Å². The van der Waals surface area contributed by atoms with Crippen molar-refractivity contribution in [2.45, 2.75) is 71.6 Å². The summed E-state index contributed by atoms with van der Waals surface area (Å²) in [6.07, 6.45) is 0. The molecule has 2 heterocycles. The van der Waals surface area contributed by atoms with Crippen LogP contribution in [-0.4, -0.2) is 4.57 Å². The van der Waals surface area contributed by atoms with Gasteiger partial charge in [-0.3, -0.25) is 0 Å². The second-order valence-electron chi connectivity index (χ2n) is 20.4. The molecule has 0 radical (unpaired) electrons. The van der Waals surface area contributed by atoms with E-state index in [2.05, 4.69) is 258 Å². The fourth-order valence-corrected chi connectivity index (χ4v) is 10.2. The number of rotatable bonds is 6. The van der Waals surface area contributed by atoms with E-state index < -0.39 is 0 Å². The molecule has 0 atom stereocenters. The predicted octanol–water partition coefficient (Wildman–Crippen LogP) is 17.3. The zero-order valence-corrected chi connectivity index (χ0v) is 38.2. The number of para-hydroxylation sites is 1. The third-order valence-corrected chi connectivity index (χ3v) is 13.8. The summed E-state index contributed by atoms with van der Waals surface area (Å²) in [6, 6.07) is 70.5. The van der Waals surface area contributed by atoms with Crippen molar-refractivity contribution >= 4 is 77.5 Å². The molecule has 3 heteroatoms. The number of fused-ring (bicyclic) bond motifs is 7. The lowest BCUT2D eigenvalue weighted by molar-refractivity contribution is 0.590. The second kappa shape index (κ2) is 14.5. The van der Waals surface area contributed by atoms with E-state index in [4.69, 9.17) is 0 Å². The maximum Gasteiger partial charge on any atom is 0.0583 e. The molecule has 0 saturated heterocycles. The molecule has 0 spiro atoms. The number of aromatic nitrogens is 1. The molecule has 0 unspecified atom stereocenters. The van der Waals surface area contributed by atoms with Gasteiger partial charge in [-0.25, -0.2) is 0 Å². The van der Waals surface area contributed by atoms with Crippen LogP contribution < -0.4 is 9.80 Å². The topological polar surface area (TPSA) is 11.4 Å². The Labute approximate surface area is 377 Å². The minimum atomic E-state index is -0.269. The Morgan fingerprint density at radius 3 is 1.36 bits per heavy atom. The van der Waals surface area contributed by atoms with Crippen LogP contribution in [0, 0.1) is 0 Å². The standard InChI is InChI=1S/C61H55N3/c1-59(2,3)44-23-29-46(30-24-44)62(48-27-21-40-15-9-11-17-42(40)35-48)50-33-34-56-52(37-50)53-38-51(39-55-58(53)64(56)57-20-14-13-19-54(57)61(55,7)8)63(47-31-25-45(26-32-47)60(4,5)6)49-28-22-41-16-10-12-18-43(41)36-49/h9-39H,1-8H3. The van der Waals surface area contributed by atoms with E-state index in [1.807, 2.05) is 0 Å². The molecule has 0 amide bonds. The van der Waals surface area contributed by atoms with Crippen LogP contribution in [0.4, 0.5) is 34.1 Å². The zero-order chi connectivity index (χ0) is 44.1. The van der Waals surface area contributed by atoms with Gasteiger partial charge in [-0.05, 0) is 140 Å². The van der Waals surface area contributed by atoms with Gasteiger partial charge in [0.05, 0.1) is 16.7 Å². The Kier molecular flexibility index (Phi) is 8.98. The van der Waals surface area contributed by atoms with Gasteiger partial charge in [0, 0.05) is 50.3 Å². The monoisotopic (exact) mass is 829 g/mol. The SMILES string of the molecule is CC(C)(C)c1ccc(N(c2ccc3ccccc3c2)c2ccc3c(c2)c2cc(N(c4ccc(C(C)(C)C)cc4)c4ccc5ccccc5c4)cc4c2n3-c2ccccc2C4(C)C)cc1. The summed E-state index contributed by atoms with van der Waals surface area (Å²) < 4.78 is 2.53. The summed E-state index contributed by atoms with van der Waals surface area (Å²) in [6.45, 7) is 18.5. The minimum absolute atomic E-state index is 0.0434. The summed E-state index contributed by atoms with van der Waals surface area (Å²) in [4.78, 5) is 4.90. The van der Waals surface area contributed by atoms with E-state index in [-0.39, 0.29) is 16.2 Å². The van der Waals surface area contributed by atoms with Gasteiger partial charge in [-0.2, -0.15) is 0 Å². The first-order chi connectivity index (χ1) is 30.7. The van der Waals surface area contributed by atoms with Crippen LogP contribution in [0.5, 0.6) is 0 Å². The van der Waals surface area contributed by atoms with E-state index in [0.29, 0.717) is 0 Å². The Bertz CT molecular complexity index is 3430. The molecule has 0 bridgehead atoms. The molecule has 1 aromatic heterocycles. The quantitative estimate of drug-likeness (QED) is 0.165. The second-order valence-corrected chi connectivity index (χ2v) is 20.4. The molecule has 64 heavy (non-hydrogen) atoms. The average molecular weight is 830 g/mol. The van der Waals surface area contributed by atoms with Crippen LogP contribution in [-0.2, 0) is 16.2 Å². The molecule has 9 aromatic carbocycles. The first kappa shape index (κ1) is 39.7. The van der Waals surface area contributed by atoms with Gasteiger partial charge in [0.2, 0.25) is 0 Å². The molecule has 0 N–H and O–H groups in total. The van der Waals surface area contributed by atoms with E-state index in [1.54, 1.807) is 0 Å². The van der Waals surface area contributed by atoms with Crippen molar-refractivity contribution in [3.63, 3.8) is 0 Å². The first-order valence-electron chi connectivity index (χ1n) is 22.8. The highest BCUT2D eigenvalue weighted by Gasteiger charge is 2.36. The number of anilines is 6. The fourth-order valence-electron chi connectivity index (χ4n) is 10.2. The summed E-state index contributed by atoms with van der Waals surface area (Å²) >= 11 is 0. The summed E-state index contributed by atoms with van der Waals surface area (Å²) in [5, 5.41) is 7.37. The maximum absolute atomic E-state index is 2.53. The van der Waals surface area contributed by atoms with Gasteiger partial charge in [-0.15, -0.1) is 0 Å². The van der Waals surface area contributed by atoms with Gasteiger partial charge in [-0.1, -0.05) is 159 Å². The van der Waals surface area contributed by atoms with Gasteiger partial charge in [0.25, 0.3) is 0 Å². The fraction of sp³-hybridized carbons (Fsp3) is 0.180. The van der Waals surface area contributed by atoms with Gasteiger partial charge < -0.3 is 14.4 Å². The third-order valence-electron chi connectivity index (χ3n) is 13.8. The summed E-state index contributed by atoms with van der Waals surface area (Å²) in [5.74, 6) is 0. The van der Waals surface area contributed by atoms with Crippen LogP contribution in [0.1, 0.15) is 77.6 Å². The van der Waals surface area contributed by atoms with Crippen LogP contribution in [0.2, 0.25) is 0 Å². The van der Waals surface area contributed by atoms with Gasteiger partial charge in [0.1, 0.15) is 0 Å². The predicted molar refractivity (Wildman–Crippen MR) is 275 cm³/mol. The molecule has 1 aliphatic rings. The smallest absolute Gasteiger partial charge is 0.0583 e. The van der Waals surface area contributed by atoms with E-state index in [0.717, 1.165) is 34.1 Å². The van der Waals surface area contributed by atoms with E-state index >= 15 is 0 Å². The minimum Gasteiger partial charge on any atom is -0.310 e. The number of hydrogen-bond donors (Lipinski definition) is 0. The Hall–Kier alpha value is -7.10. The average Bonchev–Trinajstić information content (AvgIpc) is 3.62. The summed E-state index contributed by atoms with van der Waals surface area (Å²) in [7, 11) is 0. The van der Waals surface area contributed by atoms with Crippen molar-refractivity contribution < 1.29 is 0 Å². The third kappa shape index (κ3) is 6.48. The normalized spacial score (nSPS) is 13.4. The Morgan fingerprint density at radius 1 is 0.375 bits per heavy atom. The summed E-state index contributed by atoms with van der Waals surface area (Å²) in [5.41, 5.74) is 15.6. The number of nitrogens with zero attached hydrogens (tertiary/aromatic N) is 3. The van der Waals surface area contributed by atoms with Crippen molar-refractivity contribution in [3.05, 3.63) is 210 Å². The number of hydrogen-bond acceptors (Lipinski definition) is 2. The molecule has 0 aliphatic carbocycles. The molecule has 1 aliphatic heterocycles. The molecule has 10 aromatic rings. The van der Waals surface area contributed by atoms with Crippen molar-refractivity contribution in [1.82, 2.24) is 4.57 Å². The van der Waals surface area contributed by atoms with Crippen molar-refractivity contribution in [2.75, 3.05) is 9.80 Å². The van der Waals surface area contributed by atoms with E-state index in [9.17, 15) is 0 Å². The Balaban J connectivity index is 1.19. The number of benzene rings is 9. The zero-order valence-electron chi connectivity index (χ0n) is 38.2. The highest BCUT2D eigenvalue weighted by atomic mass is 15.2. The maximum atomic E-state index is 2.53. The lowest BCUT2D eigenvalue weighted by atomic mass is 9.74. The molecule has 0 saturated carbocycles. The molecular formula is C61H55N3. The molecule has 11 rings (SSSR count). The highest BCUT2D eigenvalue weighted by Crippen LogP contribution is 2.51. The van der Waals surface area contributed by atoms with Crippen LogP contribution >= 0.6 is 0 Å². The molecule has 0 fully saturated rings. The van der Waals surface area contributed by atoms with Gasteiger partial charge >= 0.3 is 0 Å². The molecule has 3 nitrogen and oxygen atoms in total. The van der Waals surface area contributed by atoms with Crippen LogP contribution in [0.25, 0.3) is 49.0 Å². The van der Waals surface area contributed by atoms with Crippen molar-refractivity contribution in [2.24, 2.45) is 0 Å². The lowest BCUT2D eigenvalue weighted by Crippen LogP contribution is -2.26. The highest BCUT2D eigenvalue weighted by molar-refractivity contribution is 6.14. The first-order valence-corrected chi connectivity index (χ1v) is 22.8. The molecular weight excluding hydrogens is 775 g/mol. The van der Waals surface area contributed by atoms with E-state index in [1.165, 1.54) is 71.3 Å². The lowest BCUT2D eigenvalue weighted by Gasteiger charge is -2.36. The molecule has 314 valence electrons. The largest absolute Gasteiger partial charge is 0.310 e. The Morgan fingerprint density at radius 2 is 0.812 bits per heavy atom.